The number of hydrogen-bond acceptors (Lipinski definition) is 4. The fourth-order valence-corrected chi connectivity index (χ4v) is 3.61. The van der Waals surface area contributed by atoms with Crippen LogP contribution in [0.5, 0.6) is 5.75 Å². The topological polar surface area (TPSA) is 67.5 Å². The van der Waals surface area contributed by atoms with Crippen LogP contribution in [0.1, 0.15) is 64.8 Å². The van der Waals surface area contributed by atoms with Crippen LogP contribution in [0.25, 0.3) is 16.6 Å². The highest BCUT2D eigenvalue weighted by molar-refractivity contribution is 5.91. The summed E-state index contributed by atoms with van der Waals surface area (Å²) in [5.41, 5.74) is 5.44. The van der Waals surface area contributed by atoms with Crippen LogP contribution >= 0.6 is 0 Å². The van der Waals surface area contributed by atoms with Crippen molar-refractivity contribution in [3.05, 3.63) is 77.5 Å². The fraction of sp³-hybridized carbons (Fsp3) is 0.379. The normalized spacial score (nSPS) is 13.5. The lowest BCUT2D eigenvalue weighted by atomic mass is 10.0. The van der Waals surface area contributed by atoms with Crippen molar-refractivity contribution in [2.45, 2.75) is 53.4 Å². The molecule has 1 aromatic carbocycles. The van der Waals surface area contributed by atoms with E-state index in [0.717, 1.165) is 58.6 Å². The summed E-state index contributed by atoms with van der Waals surface area (Å²) in [5.74, 6) is 2.56. The fourth-order valence-electron chi connectivity index (χ4n) is 3.61. The maximum Gasteiger partial charge on any atom is 0.213 e. The summed E-state index contributed by atoms with van der Waals surface area (Å²) in [6, 6.07) is 3.97. The number of hydrogen-bond donors (Lipinski definition) is 1. The van der Waals surface area contributed by atoms with Gasteiger partial charge >= 0.3 is 0 Å². The van der Waals surface area contributed by atoms with E-state index in [1.165, 1.54) is 10.5 Å². The maximum absolute atomic E-state index is 11.3. The molecule has 0 radical (unpaired) electrons. The van der Waals surface area contributed by atoms with Crippen LogP contribution in [0.2, 0.25) is 0 Å². The van der Waals surface area contributed by atoms with Gasteiger partial charge in [0, 0.05) is 44.0 Å². The standard InChI is InChI=1S/C29H39N3O3/c1-9-23(16-17-34-8)29-30-26-15-14-25(24(10-2)18-32(7)19-33)28(27(26)31-29)35-22(6)21(5)13-11-12-20(3)4/h10-15,18-19,23H,2,9,16-17H2,1,3-8H3,(H,30,31)/b13-11-,22-21+,24-18+. The molecule has 0 fully saturated rings. The molecule has 1 N–H and O–H groups in total. The Morgan fingerprint density at radius 3 is 2.60 bits per heavy atom. The highest BCUT2D eigenvalue weighted by Crippen LogP contribution is 2.37. The first-order valence-electron chi connectivity index (χ1n) is 12.0. The van der Waals surface area contributed by atoms with Crippen LogP contribution in [-0.4, -0.2) is 42.0 Å². The third-order valence-corrected chi connectivity index (χ3v) is 5.80. The van der Waals surface area contributed by atoms with Gasteiger partial charge in [-0.05, 0) is 58.2 Å². The third-order valence-electron chi connectivity index (χ3n) is 5.80. The van der Waals surface area contributed by atoms with Crippen LogP contribution in [0.3, 0.4) is 0 Å². The molecule has 1 unspecified atom stereocenters. The van der Waals surface area contributed by atoms with Crippen molar-refractivity contribution in [2.24, 2.45) is 0 Å². The van der Waals surface area contributed by atoms with Gasteiger partial charge in [0.25, 0.3) is 0 Å². The molecule has 6 nitrogen and oxygen atoms in total. The second-order valence-electron chi connectivity index (χ2n) is 8.85. The summed E-state index contributed by atoms with van der Waals surface area (Å²) in [4.78, 5) is 21.2. The van der Waals surface area contributed by atoms with Gasteiger partial charge in [-0.1, -0.05) is 43.4 Å². The molecule has 1 aromatic heterocycles. The molecule has 2 rings (SSSR count). The Balaban J connectivity index is 2.69. The van der Waals surface area contributed by atoms with Crippen molar-refractivity contribution in [3.8, 4) is 5.75 Å². The van der Waals surface area contributed by atoms with Gasteiger partial charge in [-0.2, -0.15) is 0 Å². The summed E-state index contributed by atoms with van der Waals surface area (Å²) < 4.78 is 11.8. The predicted molar refractivity (Wildman–Crippen MR) is 145 cm³/mol. The number of nitrogens with one attached hydrogen (secondary N) is 1. The van der Waals surface area contributed by atoms with Gasteiger partial charge in [-0.25, -0.2) is 4.98 Å². The van der Waals surface area contributed by atoms with Gasteiger partial charge in [0.2, 0.25) is 6.41 Å². The second-order valence-corrected chi connectivity index (χ2v) is 8.85. The number of carbonyl (C=O) groups is 1. The number of nitrogens with zero attached hydrogens (tertiary/aromatic N) is 2. The molecule has 0 aliphatic carbocycles. The van der Waals surface area contributed by atoms with Crippen molar-refractivity contribution in [1.29, 1.82) is 0 Å². The van der Waals surface area contributed by atoms with Crippen LogP contribution in [0, 0.1) is 0 Å². The van der Waals surface area contributed by atoms with Gasteiger partial charge in [0.15, 0.2) is 5.75 Å². The molecule has 1 amide bonds. The first-order valence-corrected chi connectivity index (χ1v) is 12.0. The number of carbonyl (C=O) groups excluding carboxylic acids is 1. The molecule has 0 aliphatic rings. The minimum Gasteiger partial charge on any atom is -0.459 e. The van der Waals surface area contributed by atoms with Crippen LogP contribution in [0.15, 0.2) is 66.1 Å². The van der Waals surface area contributed by atoms with Crippen LogP contribution in [-0.2, 0) is 9.53 Å². The number of aromatic amines is 1. The lowest BCUT2D eigenvalue weighted by molar-refractivity contribution is -0.114. The summed E-state index contributed by atoms with van der Waals surface area (Å²) in [6.45, 7) is 14.9. The molecular weight excluding hydrogens is 438 g/mol. The first kappa shape index (κ1) is 27.9. The molecule has 1 atom stereocenters. The average molecular weight is 478 g/mol. The number of methoxy groups -OCH3 is 1. The number of aromatic nitrogens is 2. The quantitative estimate of drug-likeness (QED) is 0.193. The Hall–Kier alpha value is -3.38. The molecule has 188 valence electrons. The van der Waals surface area contributed by atoms with E-state index in [1.54, 1.807) is 26.4 Å². The van der Waals surface area contributed by atoms with Crippen molar-refractivity contribution in [1.82, 2.24) is 14.9 Å². The van der Waals surface area contributed by atoms with Gasteiger partial charge in [-0.3, -0.25) is 4.79 Å². The van der Waals surface area contributed by atoms with E-state index in [9.17, 15) is 4.79 Å². The Kier molecular flexibility index (Phi) is 10.7. The molecule has 35 heavy (non-hydrogen) atoms. The number of ether oxygens (including phenoxy) is 2. The molecule has 0 bridgehead atoms. The first-order chi connectivity index (χ1) is 16.7. The van der Waals surface area contributed by atoms with E-state index in [4.69, 9.17) is 14.5 Å². The average Bonchev–Trinajstić information content (AvgIpc) is 3.27. The summed E-state index contributed by atoms with van der Waals surface area (Å²) in [6.07, 6.45) is 12.1. The molecule has 6 heteroatoms. The minimum atomic E-state index is 0.250. The lowest BCUT2D eigenvalue weighted by Gasteiger charge is -2.15. The number of fused-ring (bicyclic) bond motifs is 1. The Morgan fingerprint density at radius 2 is 2.00 bits per heavy atom. The van der Waals surface area contributed by atoms with E-state index in [-0.39, 0.29) is 5.92 Å². The van der Waals surface area contributed by atoms with E-state index in [1.807, 2.05) is 38.1 Å². The molecule has 0 saturated carbocycles. The number of allylic oxidation sites excluding steroid dienone is 8. The number of amides is 1. The number of benzene rings is 1. The van der Waals surface area contributed by atoms with E-state index >= 15 is 0 Å². The summed E-state index contributed by atoms with van der Waals surface area (Å²) in [5, 5.41) is 0. The number of H-pyrrole nitrogens is 1. The Morgan fingerprint density at radius 1 is 1.26 bits per heavy atom. The molecular formula is C29H39N3O3. The monoisotopic (exact) mass is 477 g/mol. The molecule has 1 heterocycles. The second kappa shape index (κ2) is 13.5. The zero-order chi connectivity index (χ0) is 26.0. The van der Waals surface area contributed by atoms with Crippen LogP contribution < -0.4 is 4.74 Å². The maximum atomic E-state index is 11.3. The van der Waals surface area contributed by atoms with Crippen molar-refractivity contribution in [3.63, 3.8) is 0 Å². The highest BCUT2D eigenvalue weighted by Gasteiger charge is 2.20. The molecule has 0 saturated heterocycles. The van der Waals surface area contributed by atoms with Crippen molar-refractivity contribution in [2.75, 3.05) is 20.8 Å². The zero-order valence-corrected chi connectivity index (χ0v) is 22.1. The van der Waals surface area contributed by atoms with E-state index in [0.29, 0.717) is 12.4 Å². The summed E-state index contributed by atoms with van der Waals surface area (Å²) in [7, 11) is 3.40. The Labute approximate surface area is 209 Å². The highest BCUT2D eigenvalue weighted by atomic mass is 16.5. The lowest BCUT2D eigenvalue weighted by Crippen LogP contribution is -2.08. The molecule has 0 spiro atoms. The van der Waals surface area contributed by atoms with E-state index < -0.39 is 0 Å². The van der Waals surface area contributed by atoms with Crippen LogP contribution in [0.4, 0.5) is 0 Å². The van der Waals surface area contributed by atoms with E-state index in [2.05, 4.69) is 38.4 Å². The van der Waals surface area contributed by atoms with Crippen molar-refractivity contribution >= 4 is 23.0 Å². The van der Waals surface area contributed by atoms with Gasteiger partial charge in [0.05, 0.1) is 5.52 Å². The largest absolute Gasteiger partial charge is 0.459 e. The number of imidazole rings is 1. The third kappa shape index (κ3) is 7.55. The van der Waals surface area contributed by atoms with Gasteiger partial charge < -0.3 is 19.4 Å². The zero-order valence-electron chi connectivity index (χ0n) is 22.1. The smallest absolute Gasteiger partial charge is 0.213 e. The van der Waals surface area contributed by atoms with Gasteiger partial charge in [-0.15, -0.1) is 0 Å². The summed E-state index contributed by atoms with van der Waals surface area (Å²) >= 11 is 0. The minimum absolute atomic E-state index is 0.250. The predicted octanol–water partition coefficient (Wildman–Crippen LogP) is 6.90. The van der Waals surface area contributed by atoms with Gasteiger partial charge in [0.1, 0.15) is 17.1 Å². The van der Waals surface area contributed by atoms with Crippen molar-refractivity contribution < 1.29 is 14.3 Å². The SMILES string of the molecule is C=C/C(=C\N(C)C=O)c1ccc2[nH]c(C(CC)CCOC)nc2c1O/C(C)=C(C)/C=C\C=C(C)C. The number of rotatable bonds is 13. The molecule has 0 aliphatic heterocycles. The Bertz CT molecular complexity index is 1150. The molecule has 2 aromatic rings.